The molecule has 0 radical (unpaired) electrons. The molecule has 0 aliphatic rings. The van der Waals surface area contributed by atoms with Crippen molar-refractivity contribution in [2.45, 2.75) is 90.9 Å². The fraction of sp³-hybridized carbons (Fsp3) is 0.667. The van der Waals surface area contributed by atoms with Gasteiger partial charge in [-0.05, 0) is 35.7 Å². The number of phenols is 1. The van der Waals surface area contributed by atoms with Crippen molar-refractivity contribution in [3.05, 3.63) is 28.8 Å². The van der Waals surface area contributed by atoms with Crippen LogP contribution in [0, 0.1) is 0 Å². The lowest BCUT2D eigenvalue weighted by atomic mass is 9.73. The Bertz CT molecular complexity index is 553. The molecule has 0 aromatic heterocycles. The molecule has 1 aromatic rings. The van der Waals surface area contributed by atoms with E-state index in [-0.39, 0.29) is 16.7 Å². The van der Waals surface area contributed by atoms with E-state index in [1.54, 1.807) is 0 Å². The van der Waals surface area contributed by atoms with Crippen molar-refractivity contribution in [1.82, 2.24) is 5.43 Å². The summed E-state index contributed by atoms with van der Waals surface area (Å²) in [7, 11) is 0. The van der Waals surface area contributed by atoms with Gasteiger partial charge >= 0.3 is 0 Å². The van der Waals surface area contributed by atoms with Gasteiger partial charge in [0.05, 0.1) is 0 Å². The second kappa shape index (κ2) is 8.70. The van der Waals surface area contributed by atoms with E-state index in [2.05, 4.69) is 59.1 Å². The molecule has 0 heterocycles. The molecule has 4 heteroatoms. The maximum atomic E-state index is 11.5. The van der Waals surface area contributed by atoms with E-state index in [1.807, 2.05) is 0 Å². The average molecular weight is 349 g/mol. The van der Waals surface area contributed by atoms with Gasteiger partial charge in [0, 0.05) is 17.5 Å². The summed E-state index contributed by atoms with van der Waals surface area (Å²) in [6, 6.07) is 4.14. The first-order valence-corrected chi connectivity index (χ1v) is 9.45. The number of hydrogen-bond donors (Lipinski definition) is 3. The number of nitrogens with two attached hydrogens (primary N) is 1. The Balaban J connectivity index is 3.42. The molecule has 0 bridgehead atoms. The van der Waals surface area contributed by atoms with Gasteiger partial charge in [0.25, 0.3) is 0 Å². The van der Waals surface area contributed by atoms with Crippen molar-refractivity contribution in [3.63, 3.8) is 0 Å². The normalized spacial score (nSPS) is 12.3. The zero-order valence-corrected chi connectivity index (χ0v) is 16.8. The minimum Gasteiger partial charge on any atom is -0.507 e. The van der Waals surface area contributed by atoms with Gasteiger partial charge in [-0.3, -0.25) is 10.2 Å². The largest absolute Gasteiger partial charge is 0.507 e. The third kappa shape index (κ3) is 5.46. The summed E-state index contributed by atoms with van der Waals surface area (Å²) in [4.78, 5) is 11.5. The maximum Gasteiger partial charge on any atom is 0.234 e. The Labute approximate surface area is 153 Å². The second-order valence-electron chi connectivity index (χ2n) is 8.37. The van der Waals surface area contributed by atoms with Gasteiger partial charge in [0.2, 0.25) is 5.91 Å². The van der Waals surface area contributed by atoms with Crippen LogP contribution in [0.25, 0.3) is 0 Å². The van der Waals surface area contributed by atoms with Crippen molar-refractivity contribution in [1.29, 1.82) is 0 Å². The van der Waals surface area contributed by atoms with Crippen molar-refractivity contribution in [2.24, 2.45) is 5.84 Å². The number of aromatic hydroxyl groups is 1. The molecule has 0 spiro atoms. The number of hydrazine groups is 1. The number of amides is 1. The molecule has 0 unspecified atom stereocenters. The molecule has 1 amide bonds. The van der Waals surface area contributed by atoms with E-state index >= 15 is 0 Å². The summed E-state index contributed by atoms with van der Waals surface area (Å²) in [6.45, 7) is 13.0. The Kier molecular flexibility index (Phi) is 7.48. The lowest BCUT2D eigenvalue weighted by Crippen LogP contribution is -2.30. The SMILES string of the molecule is CCCC(C)(C)c1cc(CCC(=O)NN)cc(C(C)(C)CCC)c1O. The van der Waals surface area contributed by atoms with Crippen LogP contribution in [0.4, 0.5) is 0 Å². The predicted octanol–water partition coefficient (Wildman–Crippen LogP) is 4.47. The highest BCUT2D eigenvalue weighted by atomic mass is 16.3. The van der Waals surface area contributed by atoms with E-state index in [9.17, 15) is 9.90 Å². The predicted molar refractivity (Wildman–Crippen MR) is 105 cm³/mol. The molecule has 0 aliphatic heterocycles. The van der Waals surface area contributed by atoms with E-state index in [0.29, 0.717) is 18.6 Å². The summed E-state index contributed by atoms with van der Waals surface area (Å²) in [5, 5.41) is 11.1. The fourth-order valence-electron chi connectivity index (χ4n) is 3.72. The van der Waals surface area contributed by atoms with Crippen LogP contribution in [0.3, 0.4) is 0 Å². The van der Waals surface area contributed by atoms with Crippen LogP contribution in [0.15, 0.2) is 12.1 Å². The van der Waals surface area contributed by atoms with E-state index in [1.165, 1.54) is 0 Å². The van der Waals surface area contributed by atoms with Gasteiger partial charge in [0.1, 0.15) is 5.75 Å². The number of rotatable bonds is 9. The summed E-state index contributed by atoms with van der Waals surface area (Å²) < 4.78 is 0. The molecule has 0 atom stereocenters. The van der Waals surface area contributed by atoms with Crippen LogP contribution in [-0.2, 0) is 22.0 Å². The van der Waals surface area contributed by atoms with Crippen molar-refractivity contribution in [3.8, 4) is 5.75 Å². The lowest BCUT2D eigenvalue weighted by Gasteiger charge is -2.32. The van der Waals surface area contributed by atoms with Crippen LogP contribution in [0.5, 0.6) is 5.75 Å². The van der Waals surface area contributed by atoms with Crippen LogP contribution >= 0.6 is 0 Å². The molecule has 25 heavy (non-hydrogen) atoms. The molecule has 4 N–H and O–H groups in total. The second-order valence-corrected chi connectivity index (χ2v) is 8.37. The third-order valence-electron chi connectivity index (χ3n) is 5.18. The molecule has 4 nitrogen and oxygen atoms in total. The highest BCUT2D eigenvalue weighted by molar-refractivity contribution is 5.75. The van der Waals surface area contributed by atoms with Gasteiger partial charge in [-0.2, -0.15) is 0 Å². The maximum absolute atomic E-state index is 11.5. The first-order valence-electron chi connectivity index (χ1n) is 9.45. The average Bonchev–Trinajstić information content (AvgIpc) is 2.52. The topological polar surface area (TPSA) is 75.4 Å². The Morgan fingerprint density at radius 3 is 1.84 bits per heavy atom. The van der Waals surface area contributed by atoms with Crippen LogP contribution < -0.4 is 11.3 Å². The highest BCUT2D eigenvalue weighted by Crippen LogP contribution is 2.43. The van der Waals surface area contributed by atoms with Crippen LogP contribution in [0.2, 0.25) is 0 Å². The van der Waals surface area contributed by atoms with Crippen LogP contribution in [-0.4, -0.2) is 11.0 Å². The number of benzene rings is 1. The molecular weight excluding hydrogens is 312 g/mol. The summed E-state index contributed by atoms with van der Waals surface area (Å²) >= 11 is 0. The molecule has 0 fully saturated rings. The molecule has 1 aromatic carbocycles. The van der Waals surface area contributed by atoms with Gasteiger partial charge in [-0.25, -0.2) is 5.84 Å². The number of hydrogen-bond acceptors (Lipinski definition) is 3. The lowest BCUT2D eigenvalue weighted by molar-refractivity contribution is -0.121. The van der Waals surface area contributed by atoms with E-state index < -0.39 is 0 Å². The summed E-state index contributed by atoms with van der Waals surface area (Å²) in [5.41, 5.74) is 5.02. The summed E-state index contributed by atoms with van der Waals surface area (Å²) in [5.74, 6) is 5.45. The molecule has 0 saturated heterocycles. The minimum absolute atomic E-state index is 0.109. The Hall–Kier alpha value is -1.55. The zero-order valence-electron chi connectivity index (χ0n) is 16.8. The minimum atomic E-state index is -0.170. The van der Waals surface area contributed by atoms with Gasteiger partial charge in [-0.15, -0.1) is 0 Å². The quantitative estimate of drug-likeness (QED) is 0.350. The summed E-state index contributed by atoms with van der Waals surface area (Å²) in [6.07, 6.45) is 5.08. The zero-order chi connectivity index (χ0) is 19.3. The first kappa shape index (κ1) is 21.5. The van der Waals surface area contributed by atoms with Gasteiger partial charge in [0.15, 0.2) is 0 Å². The van der Waals surface area contributed by atoms with Crippen molar-refractivity contribution < 1.29 is 9.90 Å². The van der Waals surface area contributed by atoms with E-state index in [4.69, 9.17) is 5.84 Å². The number of phenolic OH excluding ortho intramolecular Hbond substituents is 1. The third-order valence-corrected chi connectivity index (χ3v) is 5.18. The number of nitrogens with one attached hydrogen (secondary N) is 1. The molecule has 142 valence electrons. The van der Waals surface area contributed by atoms with Crippen molar-refractivity contribution >= 4 is 5.91 Å². The number of carbonyl (C=O) groups excluding carboxylic acids is 1. The van der Waals surface area contributed by atoms with Crippen LogP contribution in [0.1, 0.15) is 90.3 Å². The first-order chi connectivity index (χ1) is 11.6. The molecule has 0 saturated carbocycles. The monoisotopic (exact) mass is 348 g/mol. The molecule has 1 rings (SSSR count). The number of carbonyl (C=O) groups is 1. The van der Waals surface area contributed by atoms with E-state index in [0.717, 1.165) is 42.4 Å². The van der Waals surface area contributed by atoms with Crippen molar-refractivity contribution in [2.75, 3.05) is 0 Å². The standard InChI is InChI=1S/C21H36N2O2/c1-7-11-20(3,4)16-13-15(9-10-18(24)23-22)14-17(19(16)25)21(5,6)12-8-2/h13-14,25H,7-12,22H2,1-6H3,(H,23,24). The fourth-order valence-corrected chi connectivity index (χ4v) is 3.72. The Morgan fingerprint density at radius 2 is 1.48 bits per heavy atom. The highest BCUT2D eigenvalue weighted by Gasteiger charge is 2.30. The number of aryl methyl sites for hydroxylation is 1. The Morgan fingerprint density at radius 1 is 1.04 bits per heavy atom. The molecule has 0 aliphatic carbocycles. The van der Waals surface area contributed by atoms with Gasteiger partial charge in [-0.1, -0.05) is 66.5 Å². The van der Waals surface area contributed by atoms with Gasteiger partial charge < -0.3 is 5.11 Å². The smallest absolute Gasteiger partial charge is 0.234 e. The molecular formula is C21H36N2O2.